The van der Waals surface area contributed by atoms with Gasteiger partial charge in [-0.05, 0) is 90.4 Å². The molecule has 1 aliphatic carbocycles. The highest BCUT2D eigenvalue weighted by molar-refractivity contribution is 5.94. The lowest BCUT2D eigenvalue weighted by atomic mass is 9.98. The van der Waals surface area contributed by atoms with E-state index in [0.717, 1.165) is 29.5 Å². The summed E-state index contributed by atoms with van der Waals surface area (Å²) in [6.45, 7) is 2.43. The number of aromatic amines is 1. The molecular formula is C40H42N4O7. The molecule has 51 heavy (non-hydrogen) atoms. The number of aromatic hydroxyl groups is 1. The molecule has 264 valence electrons. The molecule has 2 amide bonds. The lowest BCUT2D eigenvalue weighted by Gasteiger charge is -2.23. The summed E-state index contributed by atoms with van der Waals surface area (Å²) in [5, 5.41) is 36.9. The molecule has 6 N–H and O–H groups in total. The second-order valence-electron chi connectivity index (χ2n) is 12.9. The van der Waals surface area contributed by atoms with Gasteiger partial charge in [0.1, 0.15) is 18.1 Å². The van der Waals surface area contributed by atoms with Gasteiger partial charge in [0.25, 0.3) is 5.91 Å². The number of phenolic OH excluding ortho intramolecular Hbond substituents is 1. The number of carboxylic acid groups (broad SMARTS) is 1. The summed E-state index contributed by atoms with van der Waals surface area (Å²) < 4.78 is 6.06. The van der Waals surface area contributed by atoms with E-state index >= 15 is 0 Å². The molecule has 0 saturated heterocycles. The molecule has 1 saturated carbocycles. The topological polar surface area (TPSA) is 164 Å². The number of carbonyl (C=O) groups excluding carboxylic acids is 1. The van der Waals surface area contributed by atoms with Crippen LogP contribution in [0.1, 0.15) is 64.0 Å². The van der Waals surface area contributed by atoms with Crippen molar-refractivity contribution in [1.82, 2.24) is 20.5 Å². The molecule has 0 spiro atoms. The van der Waals surface area contributed by atoms with Crippen molar-refractivity contribution in [1.29, 1.82) is 0 Å². The number of hydrogen-bond acceptors (Lipinski definition) is 7. The van der Waals surface area contributed by atoms with Crippen molar-refractivity contribution >= 4 is 22.9 Å². The molecule has 11 heteroatoms. The number of ether oxygens (including phenoxy) is 1. The Bertz CT molecular complexity index is 2010. The summed E-state index contributed by atoms with van der Waals surface area (Å²) in [5.41, 5.74) is 3.64. The highest BCUT2D eigenvalue weighted by Gasteiger charge is 2.27. The number of carbonyl (C=O) groups is 2. The Kier molecular flexibility index (Phi) is 11.3. The largest absolute Gasteiger partial charge is 0.506 e. The quantitative estimate of drug-likeness (QED) is 0.0715. The number of H-pyrrole nitrogens is 1. The Morgan fingerprint density at radius 1 is 0.922 bits per heavy atom. The van der Waals surface area contributed by atoms with Crippen molar-refractivity contribution in [2.75, 3.05) is 26.2 Å². The fourth-order valence-electron chi connectivity index (χ4n) is 6.19. The number of pyridine rings is 1. The maximum atomic E-state index is 13.6. The van der Waals surface area contributed by atoms with Crippen LogP contribution >= 0.6 is 0 Å². The Balaban J connectivity index is 1.01. The van der Waals surface area contributed by atoms with Crippen LogP contribution in [0.25, 0.3) is 10.9 Å². The third kappa shape index (κ3) is 9.33. The zero-order valence-corrected chi connectivity index (χ0v) is 28.1. The Labute approximate surface area is 295 Å². The zero-order chi connectivity index (χ0) is 35.7. The van der Waals surface area contributed by atoms with Crippen LogP contribution in [0.3, 0.4) is 0 Å². The molecule has 0 bridgehead atoms. The number of aromatic nitrogens is 1. The van der Waals surface area contributed by atoms with Crippen LogP contribution in [-0.2, 0) is 6.61 Å². The first-order valence-electron chi connectivity index (χ1n) is 17.1. The monoisotopic (exact) mass is 690 g/mol. The smallest absolute Gasteiger partial charge is 0.405 e. The van der Waals surface area contributed by atoms with Gasteiger partial charge < -0.3 is 40.6 Å². The lowest BCUT2D eigenvalue weighted by Crippen LogP contribution is -2.35. The van der Waals surface area contributed by atoms with Gasteiger partial charge in [-0.3, -0.25) is 9.59 Å². The van der Waals surface area contributed by atoms with E-state index in [4.69, 9.17) is 4.74 Å². The van der Waals surface area contributed by atoms with E-state index in [1.165, 1.54) is 12.1 Å². The minimum absolute atomic E-state index is 0.0236. The van der Waals surface area contributed by atoms with E-state index in [2.05, 4.69) is 15.6 Å². The van der Waals surface area contributed by atoms with E-state index in [1.54, 1.807) is 12.1 Å². The molecule has 1 unspecified atom stereocenters. The molecule has 5 aromatic rings. The average Bonchev–Trinajstić information content (AvgIpc) is 3.97. The average molecular weight is 691 g/mol. The fourth-order valence-corrected chi connectivity index (χ4v) is 6.19. The van der Waals surface area contributed by atoms with Crippen LogP contribution in [-0.4, -0.2) is 63.4 Å². The molecule has 1 aromatic heterocycles. The van der Waals surface area contributed by atoms with Crippen molar-refractivity contribution in [3.8, 4) is 11.5 Å². The first-order valence-corrected chi connectivity index (χ1v) is 17.1. The number of benzene rings is 4. The SMILES string of the molecule is O=C(O)N[C@@H](c1ccccc1)c1cccc(OCc2ccc(C(=O)N(CCCNCC(O)c3ccc(O)c4[nH]c(=O)ccc34)CC3CC3)cc2)c1. The van der Waals surface area contributed by atoms with Gasteiger partial charge in [0.2, 0.25) is 5.56 Å². The van der Waals surface area contributed by atoms with Crippen LogP contribution in [0.4, 0.5) is 4.79 Å². The predicted molar refractivity (Wildman–Crippen MR) is 194 cm³/mol. The van der Waals surface area contributed by atoms with Crippen LogP contribution < -0.4 is 20.9 Å². The predicted octanol–water partition coefficient (Wildman–Crippen LogP) is 5.74. The summed E-state index contributed by atoms with van der Waals surface area (Å²) in [6.07, 6.45) is 0.975. The fraction of sp³-hybridized carbons (Fsp3) is 0.275. The Hall–Kier alpha value is -5.65. The van der Waals surface area contributed by atoms with Crippen molar-refractivity contribution in [3.05, 3.63) is 141 Å². The highest BCUT2D eigenvalue weighted by atomic mass is 16.5. The first-order chi connectivity index (χ1) is 24.7. The van der Waals surface area contributed by atoms with Crippen LogP contribution in [0.5, 0.6) is 11.5 Å². The summed E-state index contributed by atoms with van der Waals surface area (Å²) in [7, 11) is 0. The molecule has 6 rings (SSSR count). The van der Waals surface area contributed by atoms with Gasteiger partial charge in [0.05, 0.1) is 17.7 Å². The molecule has 1 heterocycles. The molecule has 11 nitrogen and oxygen atoms in total. The number of nitrogens with zero attached hydrogens (tertiary/aromatic N) is 1. The third-order valence-electron chi connectivity index (χ3n) is 9.05. The third-order valence-corrected chi connectivity index (χ3v) is 9.05. The molecule has 0 aliphatic heterocycles. The maximum Gasteiger partial charge on any atom is 0.405 e. The van der Waals surface area contributed by atoms with Gasteiger partial charge in [-0.25, -0.2) is 4.79 Å². The van der Waals surface area contributed by atoms with Crippen LogP contribution in [0.15, 0.2) is 108 Å². The highest BCUT2D eigenvalue weighted by Crippen LogP contribution is 2.31. The van der Waals surface area contributed by atoms with Crippen molar-refractivity contribution in [2.45, 2.75) is 38.0 Å². The van der Waals surface area contributed by atoms with E-state index < -0.39 is 18.2 Å². The van der Waals surface area contributed by atoms with Crippen molar-refractivity contribution in [2.24, 2.45) is 5.92 Å². The Morgan fingerprint density at radius 3 is 2.43 bits per heavy atom. The molecule has 0 radical (unpaired) electrons. The second-order valence-corrected chi connectivity index (χ2v) is 12.9. The molecule has 4 aromatic carbocycles. The number of aliphatic hydroxyl groups excluding tert-OH is 1. The van der Waals surface area contributed by atoms with Gasteiger partial charge in [-0.2, -0.15) is 0 Å². The Morgan fingerprint density at radius 2 is 1.69 bits per heavy atom. The maximum absolute atomic E-state index is 13.6. The molecular weight excluding hydrogens is 648 g/mol. The number of nitrogens with one attached hydrogen (secondary N) is 3. The zero-order valence-electron chi connectivity index (χ0n) is 28.1. The van der Waals surface area contributed by atoms with Crippen LogP contribution in [0.2, 0.25) is 0 Å². The molecule has 2 atom stereocenters. The van der Waals surface area contributed by atoms with E-state index in [1.807, 2.05) is 83.8 Å². The van der Waals surface area contributed by atoms with Gasteiger partial charge in [-0.15, -0.1) is 0 Å². The minimum atomic E-state index is -1.12. The molecule has 1 aliphatic rings. The number of phenols is 1. The second kappa shape index (κ2) is 16.4. The lowest BCUT2D eigenvalue weighted by molar-refractivity contribution is 0.0744. The molecule has 1 fully saturated rings. The van der Waals surface area contributed by atoms with Gasteiger partial charge >= 0.3 is 6.09 Å². The van der Waals surface area contributed by atoms with Gasteiger partial charge in [-0.1, -0.05) is 60.7 Å². The van der Waals surface area contributed by atoms with Gasteiger partial charge in [0.15, 0.2) is 0 Å². The number of rotatable bonds is 16. The van der Waals surface area contributed by atoms with Crippen molar-refractivity contribution < 1.29 is 29.6 Å². The van der Waals surface area contributed by atoms with Crippen LogP contribution in [0, 0.1) is 5.92 Å². The minimum Gasteiger partial charge on any atom is -0.506 e. The summed E-state index contributed by atoms with van der Waals surface area (Å²) in [6, 6.07) is 29.7. The number of fused-ring (bicyclic) bond motifs is 1. The standard InChI is InChI=1S/C40H42N4O7/c45-34-18-16-32(33-17-19-36(47)42-38(33)34)35(46)23-41-20-5-21-44(24-26-10-11-26)39(48)29-14-12-27(13-15-29)25-51-31-9-4-8-30(22-31)37(43-40(49)50)28-6-2-1-3-7-28/h1-4,6-9,12-19,22,26,35,37,41,43,45-46H,5,10-11,20-21,23-25H2,(H,42,47)(H,49,50)/t35?,37-/m0/s1. The summed E-state index contributed by atoms with van der Waals surface area (Å²) in [4.78, 5) is 41.3. The number of aliphatic hydroxyl groups is 1. The number of hydrogen-bond donors (Lipinski definition) is 6. The van der Waals surface area contributed by atoms with E-state index in [0.29, 0.717) is 59.8 Å². The van der Waals surface area contributed by atoms with E-state index in [-0.39, 0.29) is 30.4 Å². The van der Waals surface area contributed by atoms with Gasteiger partial charge in [0, 0.05) is 36.7 Å². The normalized spacial score (nSPS) is 13.7. The van der Waals surface area contributed by atoms with Crippen molar-refractivity contribution in [3.63, 3.8) is 0 Å². The summed E-state index contributed by atoms with van der Waals surface area (Å²) in [5.74, 6) is 1.05. The summed E-state index contributed by atoms with van der Waals surface area (Å²) >= 11 is 0. The van der Waals surface area contributed by atoms with E-state index in [9.17, 15) is 29.7 Å². The number of amides is 2. The first kappa shape index (κ1) is 35.2.